The van der Waals surface area contributed by atoms with Gasteiger partial charge < -0.3 is 14.9 Å². The predicted octanol–water partition coefficient (Wildman–Crippen LogP) is 0.404. The first-order valence-corrected chi connectivity index (χ1v) is 4.66. The number of aromatic carboxylic acids is 1. The number of carboxylic acids is 1. The molecule has 0 unspecified atom stereocenters. The van der Waals surface area contributed by atoms with E-state index in [1.807, 2.05) is 0 Å². The maximum atomic E-state index is 10.9. The lowest BCUT2D eigenvalue weighted by Gasteiger charge is -2.04. The van der Waals surface area contributed by atoms with Crippen LogP contribution < -0.4 is 4.74 Å². The summed E-state index contributed by atoms with van der Waals surface area (Å²) < 4.78 is 6.64. The van der Waals surface area contributed by atoms with Gasteiger partial charge in [0.2, 0.25) is 0 Å². The van der Waals surface area contributed by atoms with Gasteiger partial charge in [0.25, 0.3) is 0 Å². The summed E-state index contributed by atoms with van der Waals surface area (Å²) in [6.45, 7) is 0.0863. The average molecular weight is 222 g/mol. The second-order valence-electron chi connectivity index (χ2n) is 3.13. The minimum Gasteiger partial charge on any atom is -0.491 e. The van der Waals surface area contributed by atoms with Crippen LogP contribution in [0.3, 0.4) is 0 Å². The van der Waals surface area contributed by atoms with Gasteiger partial charge in [-0.3, -0.25) is 0 Å². The normalized spacial score (nSPS) is 10.6. The van der Waals surface area contributed by atoms with Gasteiger partial charge in [0, 0.05) is 12.3 Å². The van der Waals surface area contributed by atoms with Gasteiger partial charge in [-0.2, -0.15) is 5.10 Å². The number of nitrogens with zero attached hydrogens (tertiary/aromatic N) is 2. The van der Waals surface area contributed by atoms with Crippen LogP contribution in [0.1, 0.15) is 10.4 Å². The largest absolute Gasteiger partial charge is 0.491 e. The number of aromatic nitrogens is 2. The Labute approximate surface area is 90.7 Å². The monoisotopic (exact) mass is 222 g/mol. The number of hydrogen-bond donors (Lipinski definition) is 2. The summed E-state index contributed by atoms with van der Waals surface area (Å²) >= 11 is 0. The molecule has 0 saturated carbocycles. The summed E-state index contributed by atoms with van der Waals surface area (Å²) in [4.78, 5) is 10.9. The molecular formula is C10H10N2O4. The van der Waals surface area contributed by atoms with Gasteiger partial charge in [-0.15, -0.1) is 0 Å². The number of pyridine rings is 1. The van der Waals surface area contributed by atoms with Crippen LogP contribution in [0.15, 0.2) is 24.5 Å². The fraction of sp³-hybridized carbons (Fsp3) is 0.200. The van der Waals surface area contributed by atoms with Gasteiger partial charge in [-0.1, -0.05) is 0 Å². The van der Waals surface area contributed by atoms with Crippen LogP contribution in [0.5, 0.6) is 5.75 Å². The van der Waals surface area contributed by atoms with Crippen molar-refractivity contribution >= 4 is 11.5 Å². The highest BCUT2D eigenvalue weighted by molar-refractivity contribution is 5.95. The summed E-state index contributed by atoms with van der Waals surface area (Å²) in [7, 11) is 0. The average Bonchev–Trinajstić information content (AvgIpc) is 2.69. The zero-order chi connectivity index (χ0) is 11.5. The lowest BCUT2D eigenvalue weighted by Crippen LogP contribution is -2.02. The Kier molecular flexibility index (Phi) is 2.74. The molecule has 0 fully saturated rings. The number of carbonyl (C=O) groups is 1. The second-order valence-corrected chi connectivity index (χ2v) is 3.13. The van der Waals surface area contributed by atoms with Gasteiger partial charge in [0.1, 0.15) is 17.9 Å². The molecule has 16 heavy (non-hydrogen) atoms. The Morgan fingerprint density at radius 3 is 3.06 bits per heavy atom. The van der Waals surface area contributed by atoms with Crippen molar-refractivity contribution in [3.05, 3.63) is 30.1 Å². The standard InChI is InChI=1S/C10H10N2O4/c13-3-4-16-7-1-2-12-9(5-7)8(6-11-12)10(14)15/h1-2,5-6,13H,3-4H2,(H,14,15). The van der Waals surface area contributed by atoms with E-state index in [0.29, 0.717) is 11.3 Å². The molecule has 6 nitrogen and oxygen atoms in total. The summed E-state index contributed by atoms with van der Waals surface area (Å²) in [6.07, 6.45) is 2.89. The SMILES string of the molecule is O=C(O)c1cnn2ccc(OCCO)cc12. The second kappa shape index (κ2) is 4.19. The highest BCUT2D eigenvalue weighted by atomic mass is 16.5. The van der Waals surface area contributed by atoms with Crippen molar-refractivity contribution < 1.29 is 19.7 Å². The molecule has 0 spiro atoms. The van der Waals surface area contributed by atoms with E-state index in [0.717, 1.165) is 0 Å². The fourth-order valence-corrected chi connectivity index (χ4v) is 1.38. The Morgan fingerprint density at radius 1 is 1.56 bits per heavy atom. The molecule has 0 aliphatic heterocycles. The Bertz CT molecular complexity index is 521. The smallest absolute Gasteiger partial charge is 0.339 e. The Balaban J connectivity index is 2.42. The minimum absolute atomic E-state index is 0.0871. The molecule has 0 amide bonds. The van der Waals surface area contributed by atoms with E-state index in [2.05, 4.69) is 5.10 Å². The van der Waals surface area contributed by atoms with E-state index < -0.39 is 5.97 Å². The molecule has 0 bridgehead atoms. The summed E-state index contributed by atoms with van der Waals surface area (Å²) in [5, 5.41) is 21.4. The molecule has 0 atom stereocenters. The molecule has 0 radical (unpaired) electrons. The lowest BCUT2D eigenvalue weighted by molar-refractivity contribution is 0.0699. The van der Waals surface area contributed by atoms with Crippen LogP contribution in [-0.4, -0.2) is 39.0 Å². The zero-order valence-electron chi connectivity index (χ0n) is 8.33. The van der Waals surface area contributed by atoms with Crippen LogP contribution in [0.25, 0.3) is 5.52 Å². The molecule has 0 aromatic carbocycles. The van der Waals surface area contributed by atoms with Gasteiger partial charge >= 0.3 is 5.97 Å². The molecule has 2 rings (SSSR count). The molecule has 2 aromatic rings. The number of carboxylic acid groups (broad SMARTS) is 1. The third kappa shape index (κ3) is 1.82. The molecule has 0 saturated heterocycles. The molecular weight excluding hydrogens is 212 g/mol. The van der Waals surface area contributed by atoms with E-state index in [1.54, 1.807) is 18.3 Å². The van der Waals surface area contributed by atoms with Crippen LogP contribution in [0.2, 0.25) is 0 Å². The Morgan fingerprint density at radius 2 is 2.38 bits per heavy atom. The van der Waals surface area contributed by atoms with E-state index in [-0.39, 0.29) is 18.8 Å². The van der Waals surface area contributed by atoms with Gasteiger partial charge in [-0.25, -0.2) is 9.31 Å². The Hall–Kier alpha value is -2.08. The van der Waals surface area contributed by atoms with Crippen molar-refractivity contribution in [2.45, 2.75) is 0 Å². The van der Waals surface area contributed by atoms with E-state index in [9.17, 15) is 4.79 Å². The lowest BCUT2D eigenvalue weighted by atomic mass is 10.2. The summed E-state index contributed by atoms with van der Waals surface area (Å²) in [5.74, 6) is -0.529. The summed E-state index contributed by atoms with van der Waals surface area (Å²) in [5.41, 5.74) is 0.581. The van der Waals surface area contributed by atoms with Crippen LogP contribution in [-0.2, 0) is 0 Å². The molecule has 6 heteroatoms. The van der Waals surface area contributed by atoms with Gasteiger partial charge in [-0.05, 0) is 6.07 Å². The molecule has 2 N–H and O–H groups in total. The first-order valence-electron chi connectivity index (χ1n) is 4.66. The number of rotatable bonds is 4. The molecule has 0 aliphatic carbocycles. The molecule has 2 aromatic heterocycles. The number of hydrogen-bond acceptors (Lipinski definition) is 4. The highest BCUT2D eigenvalue weighted by Gasteiger charge is 2.11. The first kappa shape index (κ1) is 10.4. The van der Waals surface area contributed by atoms with Crippen LogP contribution in [0.4, 0.5) is 0 Å². The molecule has 2 heterocycles. The quantitative estimate of drug-likeness (QED) is 0.782. The maximum Gasteiger partial charge on any atom is 0.339 e. The highest BCUT2D eigenvalue weighted by Crippen LogP contribution is 2.17. The summed E-state index contributed by atoms with van der Waals surface area (Å²) in [6, 6.07) is 3.23. The van der Waals surface area contributed by atoms with Crippen molar-refractivity contribution in [3.8, 4) is 5.75 Å². The number of fused-ring (bicyclic) bond motifs is 1. The minimum atomic E-state index is -1.03. The van der Waals surface area contributed by atoms with Crippen molar-refractivity contribution in [3.63, 3.8) is 0 Å². The van der Waals surface area contributed by atoms with Gasteiger partial charge in [0.15, 0.2) is 0 Å². The number of aliphatic hydroxyl groups excluding tert-OH is 1. The van der Waals surface area contributed by atoms with Crippen molar-refractivity contribution in [1.82, 2.24) is 9.61 Å². The van der Waals surface area contributed by atoms with Gasteiger partial charge in [0.05, 0.1) is 18.3 Å². The van der Waals surface area contributed by atoms with Crippen LogP contribution in [0, 0.1) is 0 Å². The van der Waals surface area contributed by atoms with E-state index >= 15 is 0 Å². The van der Waals surface area contributed by atoms with Crippen LogP contribution >= 0.6 is 0 Å². The van der Waals surface area contributed by atoms with E-state index in [1.165, 1.54) is 10.7 Å². The third-order valence-electron chi connectivity index (χ3n) is 2.08. The third-order valence-corrected chi connectivity index (χ3v) is 2.08. The van der Waals surface area contributed by atoms with Crippen molar-refractivity contribution in [2.75, 3.05) is 13.2 Å². The first-order chi connectivity index (χ1) is 7.72. The maximum absolute atomic E-state index is 10.9. The van der Waals surface area contributed by atoms with E-state index in [4.69, 9.17) is 14.9 Å². The predicted molar refractivity (Wildman–Crippen MR) is 54.7 cm³/mol. The van der Waals surface area contributed by atoms with Crippen molar-refractivity contribution in [2.24, 2.45) is 0 Å². The number of ether oxygens (including phenoxy) is 1. The fourth-order valence-electron chi connectivity index (χ4n) is 1.38. The van der Waals surface area contributed by atoms with Crippen molar-refractivity contribution in [1.29, 1.82) is 0 Å². The molecule has 84 valence electrons. The zero-order valence-corrected chi connectivity index (χ0v) is 8.33. The number of aliphatic hydroxyl groups is 1. The molecule has 0 aliphatic rings. The topological polar surface area (TPSA) is 84.1 Å².